The van der Waals surface area contributed by atoms with E-state index in [1.807, 2.05) is 51.3 Å². The van der Waals surface area contributed by atoms with Crippen molar-refractivity contribution < 1.29 is 9.59 Å². The molecule has 0 aliphatic carbocycles. The van der Waals surface area contributed by atoms with E-state index in [-0.39, 0.29) is 30.3 Å². The lowest BCUT2D eigenvalue weighted by atomic mass is 9.93. The Morgan fingerprint density at radius 3 is 2.17 bits per heavy atom. The molecule has 1 aliphatic heterocycles. The topological polar surface area (TPSA) is 66.4 Å². The normalized spacial score (nSPS) is 22.3. The van der Waals surface area contributed by atoms with E-state index in [2.05, 4.69) is 10.2 Å². The van der Waals surface area contributed by atoms with Crippen molar-refractivity contribution in [1.29, 1.82) is 0 Å². The highest BCUT2D eigenvalue weighted by atomic mass is 32.1. The number of rotatable bonds is 2. The summed E-state index contributed by atoms with van der Waals surface area (Å²) >= 11 is 1.46. The molecule has 6 nitrogen and oxygen atoms in total. The number of aromatic nitrogens is 2. The molecule has 0 aromatic carbocycles. The molecule has 0 N–H and O–H groups in total. The third-order valence-electron chi connectivity index (χ3n) is 4.01. The fraction of sp³-hybridized carbons (Fsp3) is 0.750. The molecule has 0 bridgehead atoms. The molecule has 7 heteroatoms. The predicted molar refractivity (Wildman–Crippen MR) is 90.2 cm³/mol. The van der Waals surface area contributed by atoms with Crippen LogP contribution in [-0.4, -0.2) is 57.0 Å². The molecule has 1 aromatic rings. The second-order valence-electron chi connectivity index (χ2n) is 7.35. The van der Waals surface area contributed by atoms with E-state index >= 15 is 0 Å². The van der Waals surface area contributed by atoms with Gasteiger partial charge in [0.05, 0.1) is 6.42 Å². The Labute approximate surface area is 141 Å². The van der Waals surface area contributed by atoms with Gasteiger partial charge in [-0.25, -0.2) is 0 Å². The van der Waals surface area contributed by atoms with Crippen LogP contribution in [0.3, 0.4) is 0 Å². The molecule has 1 aliphatic rings. The van der Waals surface area contributed by atoms with E-state index in [0.717, 1.165) is 10.0 Å². The Morgan fingerprint density at radius 1 is 1.17 bits per heavy atom. The van der Waals surface area contributed by atoms with Gasteiger partial charge >= 0.3 is 0 Å². The highest BCUT2D eigenvalue weighted by molar-refractivity contribution is 7.11. The average molecular weight is 338 g/mol. The van der Waals surface area contributed by atoms with Crippen LogP contribution in [0.15, 0.2) is 0 Å². The van der Waals surface area contributed by atoms with Gasteiger partial charge in [0.25, 0.3) is 0 Å². The van der Waals surface area contributed by atoms with Crippen LogP contribution in [-0.2, 0) is 16.0 Å². The van der Waals surface area contributed by atoms with Crippen molar-refractivity contribution >= 4 is 23.2 Å². The largest absolute Gasteiger partial charge is 0.338 e. The fourth-order valence-electron chi connectivity index (χ4n) is 3.08. The summed E-state index contributed by atoms with van der Waals surface area (Å²) in [5.74, 6) is 0.201. The maximum absolute atomic E-state index is 12.6. The van der Waals surface area contributed by atoms with Crippen LogP contribution < -0.4 is 0 Å². The van der Waals surface area contributed by atoms with Crippen molar-refractivity contribution in [3.8, 4) is 0 Å². The van der Waals surface area contributed by atoms with E-state index in [4.69, 9.17) is 0 Å². The lowest BCUT2D eigenvalue weighted by molar-refractivity contribution is -0.150. The summed E-state index contributed by atoms with van der Waals surface area (Å²) in [5, 5.41) is 9.61. The number of nitrogens with zero attached hydrogens (tertiary/aromatic N) is 4. The number of hydrogen-bond donors (Lipinski definition) is 0. The van der Waals surface area contributed by atoms with E-state index in [1.165, 1.54) is 11.3 Å². The number of piperazine rings is 1. The standard InChI is InChI=1S/C16H26N4O2S/c1-10-8-19(15(22)16(4,5)6)9-11(2)20(10)14(21)7-13-18-17-12(3)23-13/h10-11H,7-9H2,1-6H3/t10-,11+. The van der Waals surface area contributed by atoms with E-state index in [1.54, 1.807) is 0 Å². The first-order valence-corrected chi connectivity index (χ1v) is 8.80. The zero-order valence-electron chi connectivity index (χ0n) is 14.8. The van der Waals surface area contributed by atoms with Crippen LogP contribution >= 0.6 is 11.3 Å². The SMILES string of the molecule is Cc1nnc(CC(=O)N2[C@H](C)CN(C(=O)C(C)(C)C)C[C@@H]2C)s1. The van der Waals surface area contributed by atoms with Crippen LogP contribution in [0.1, 0.15) is 44.6 Å². The van der Waals surface area contributed by atoms with Crippen molar-refractivity contribution in [1.82, 2.24) is 20.0 Å². The Morgan fingerprint density at radius 2 is 1.74 bits per heavy atom. The predicted octanol–water partition coefficient (Wildman–Crippen LogP) is 1.88. The van der Waals surface area contributed by atoms with Crippen molar-refractivity contribution in [3.05, 3.63) is 10.0 Å². The van der Waals surface area contributed by atoms with Crippen LogP contribution in [0.4, 0.5) is 0 Å². The van der Waals surface area contributed by atoms with Gasteiger partial charge in [-0.15, -0.1) is 21.5 Å². The van der Waals surface area contributed by atoms with E-state index in [9.17, 15) is 9.59 Å². The highest BCUT2D eigenvalue weighted by Gasteiger charge is 2.37. The smallest absolute Gasteiger partial charge is 0.230 e. The Hall–Kier alpha value is -1.50. The molecule has 2 atom stereocenters. The second-order valence-corrected chi connectivity index (χ2v) is 8.62. The average Bonchev–Trinajstić information content (AvgIpc) is 2.81. The maximum Gasteiger partial charge on any atom is 0.230 e. The monoisotopic (exact) mass is 338 g/mol. The zero-order valence-corrected chi connectivity index (χ0v) is 15.6. The van der Waals surface area contributed by atoms with Crippen molar-refractivity contribution in [3.63, 3.8) is 0 Å². The fourth-order valence-corrected chi connectivity index (χ4v) is 3.78. The summed E-state index contributed by atoms with van der Waals surface area (Å²) in [6.07, 6.45) is 0.285. The number of carbonyl (C=O) groups is 2. The van der Waals surface area contributed by atoms with Crippen molar-refractivity contribution in [2.45, 2.75) is 60.0 Å². The van der Waals surface area contributed by atoms with Gasteiger partial charge in [0, 0.05) is 30.6 Å². The summed E-state index contributed by atoms with van der Waals surface area (Å²) < 4.78 is 0. The van der Waals surface area contributed by atoms with Gasteiger partial charge in [-0.05, 0) is 20.8 Å². The van der Waals surface area contributed by atoms with E-state index < -0.39 is 5.41 Å². The molecule has 1 saturated heterocycles. The molecule has 1 fully saturated rings. The lowest BCUT2D eigenvalue weighted by Gasteiger charge is -2.46. The minimum absolute atomic E-state index is 0.00608. The third kappa shape index (κ3) is 4.07. The lowest BCUT2D eigenvalue weighted by Crippen LogP contribution is -2.61. The molecular formula is C16H26N4O2S. The molecule has 0 spiro atoms. The molecular weight excluding hydrogens is 312 g/mol. The van der Waals surface area contributed by atoms with Gasteiger partial charge in [0.15, 0.2) is 0 Å². The van der Waals surface area contributed by atoms with Gasteiger partial charge in [0.2, 0.25) is 11.8 Å². The highest BCUT2D eigenvalue weighted by Crippen LogP contribution is 2.24. The molecule has 2 heterocycles. The Kier molecular flexibility index (Phi) is 5.08. The molecule has 128 valence electrons. The number of aryl methyl sites for hydroxylation is 1. The first-order chi connectivity index (χ1) is 10.6. The van der Waals surface area contributed by atoms with Gasteiger partial charge in [0.1, 0.15) is 10.0 Å². The molecule has 1 aromatic heterocycles. The summed E-state index contributed by atoms with van der Waals surface area (Å²) in [6.45, 7) is 12.8. The van der Waals surface area contributed by atoms with Gasteiger partial charge in [-0.3, -0.25) is 9.59 Å². The minimum atomic E-state index is -0.393. The van der Waals surface area contributed by atoms with Crippen LogP contribution in [0.2, 0.25) is 0 Å². The quantitative estimate of drug-likeness (QED) is 0.826. The van der Waals surface area contributed by atoms with Crippen LogP contribution in [0, 0.1) is 12.3 Å². The molecule has 0 radical (unpaired) electrons. The second kappa shape index (κ2) is 6.55. The number of carbonyl (C=O) groups excluding carboxylic acids is 2. The van der Waals surface area contributed by atoms with E-state index in [0.29, 0.717) is 13.1 Å². The molecule has 0 saturated carbocycles. The minimum Gasteiger partial charge on any atom is -0.338 e. The van der Waals surface area contributed by atoms with Crippen LogP contribution in [0.25, 0.3) is 0 Å². The first kappa shape index (κ1) is 17.8. The summed E-state index contributed by atoms with van der Waals surface area (Å²) in [4.78, 5) is 28.9. The van der Waals surface area contributed by atoms with Crippen molar-refractivity contribution in [2.75, 3.05) is 13.1 Å². The van der Waals surface area contributed by atoms with Gasteiger partial charge in [-0.1, -0.05) is 20.8 Å². The Balaban J connectivity index is 2.05. The summed E-state index contributed by atoms with van der Waals surface area (Å²) in [5.41, 5.74) is -0.393. The summed E-state index contributed by atoms with van der Waals surface area (Å²) in [6, 6.07) is 0.0122. The molecule has 2 amide bonds. The van der Waals surface area contributed by atoms with Gasteiger partial charge in [-0.2, -0.15) is 0 Å². The number of hydrogen-bond acceptors (Lipinski definition) is 5. The third-order valence-corrected chi connectivity index (χ3v) is 4.84. The Bertz CT molecular complexity index is 581. The first-order valence-electron chi connectivity index (χ1n) is 7.99. The van der Waals surface area contributed by atoms with Crippen LogP contribution in [0.5, 0.6) is 0 Å². The molecule has 23 heavy (non-hydrogen) atoms. The molecule has 2 rings (SSSR count). The molecule has 0 unspecified atom stereocenters. The van der Waals surface area contributed by atoms with Crippen molar-refractivity contribution in [2.24, 2.45) is 5.41 Å². The number of amides is 2. The maximum atomic E-state index is 12.6. The zero-order chi connectivity index (χ0) is 17.4. The van der Waals surface area contributed by atoms with Gasteiger partial charge < -0.3 is 9.80 Å². The summed E-state index contributed by atoms with van der Waals surface area (Å²) in [7, 11) is 0.